The predicted molar refractivity (Wildman–Crippen MR) is 112 cm³/mol. The SMILES string of the molecule is C=CCOCc1cccc(-c2nn(-c3ccccc3)c(C(=O)OC)c2C(=O)OC)c1. The average Bonchev–Trinajstić information content (AvgIpc) is 3.20. The number of carbonyl (C=O) groups is 2. The van der Waals surface area contributed by atoms with E-state index in [1.54, 1.807) is 18.2 Å². The first-order valence-corrected chi connectivity index (χ1v) is 9.23. The Morgan fingerprint density at radius 3 is 2.43 bits per heavy atom. The zero-order valence-corrected chi connectivity index (χ0v) is 16.8. The highest BCUT2D eigenvalue weighted by molar-refractivity contribution is 6.06. The molecule has 0 aliphatic heterocycles. The van der Waals surface area contributed by atoms with Crippen LogP contribution in [0.1, 0.15) is 26.4 Å². The van der Waals surface area contributed by atoms with Gasteiger partial charge in [0.15, 0.2) is 5.69 Å². The molecule has 154 valence electrons. The smallest absolute Gasteiger partial charge is 0.357 e. The van der Waals surface area contributed by atoms with Crippen LogP contribution < -0.4 is 0 Å². The highest BCUT2D eigenvalue weighted by Crippen LogP contribution is 2.29. The van der Waals surface area contributed by atoms with Crippen LogP contribution in [0.2, 0.25) is 0 Å². The van der Waals surface area contributed by atoms with Gasteiger partial charge in [-0.15, -0.1) is 6.58 Å². The number of ether oxygens (including phenoxy) is 3. The summed E-state index contributed by atoms with van der Waals surface area (Å²) < 4.78 is 16.8. The fraction of sp³-hybridized carbons (Fsp3) is 0.174. The van der Waals surface area contributed by atoms with E-state index in [0.29, 0.717) is 30.2 Å². The summed E-state index contributed by atoms with van der Waals surface area (Å²) in [6.07, 6.45) is 1.67. The number of esters is 2. The molecule has 3 rings (SSSR count). The zero-order chi connectivity index (χ0) is 21.5. The minimum atomic E-state index is -0.691. The normalized spacial score (nSPS) is 10.5. The van der Waals surface area contributed by atoms with Gasteiger partial charge in [-0.1, -0.05) is 42.5 Å². The first-order chi connectivity index (χ1) is 14.6. The van der Waals surface area contributed by atoms with Crippen molar-refractivity contribution in [2.24, 2.45) is 0 Å². The molecule has 0 atom stereocenters. The summed E-state index contributed by atoms with van der Waals surface area (Å²) in [4.78, 5) is 25.3. The van der Waals surface area contributed by atoms with Crippen molar-refractivity contribution in [1.82, 2.24) is 9.78 Å². The molecule has 0 saturated carbocycles. The Labute approximate surface area is 174 Å². The van der Waals surface area contributed by atoms with Crippen LogP contribution in [0, 0.1) is 0 Å². The van der Waals surface area contributed by atoms with Crippen LogP contribution in [-0.4, -0.2) is 42.5 Å². The van der Waals surface area contributed by atoms with Gasteiger partial charge < -0.3 is 14.2 Å². The number of para-hydroxylation sites is 1. The van der Waals surface area contributed by atoms with E-state index in [4.69, 9.17) is 14.2 Å². The van der Waals surface area contributed by atoms with Crippen molar-refractivity contribution in [3.8, 4) is 16.9 Å². The molecule has 0 aliphatic rings. The van der Waals surface area contributed by atoms with Gasteiger partial charge in [0.25, 0.3) is 0 Å². The van der Waals surface area contributed by atoms with E-state index in [0.717, 1.165) is 5.56 Å². The van der Waals surface area contributed by atoms with E-state index < -0.39 is 11.9 Å². The van der Waals surface area contributed by atoms with Crippen LogP contribution in [-0.2, 0) is 20.8 Å². The molecule has 3 aromatic rings. The van der Waals surface area contributed by atoms with E-state index in [-0.39, 0.29) is 11.3 Å². The van der Waals surface area contributed by atoms with Gasteiger partial charge in [-0.3, -0.25) is 0 Å². The number of hydrogen-bond acceptors (Lipinski definition) is 6. The summed E-state index contributed by atoms with van der Waals surface area (Å²) >= 11 is 0. The van der Waals surface area contributed by atoms with Crippen molar-refractivity contribution in [2.45, 2.75) is 6.61 Å². The maximum atomic E-state index is 12.7. The number of nitrogens with zero attached hydrogens (tertiary/aromatic N) is 2. The largest absolute Gasteiger partial charge is 0.465 e. The van der Waals surface area contributed by atoms with Crippen molar-refractivity contribution in [1.29, 1.82) is 0 Å². The molecule has 0 aliphatic carbocycles. The van der Waals surface area contributed by atoms with Crippen molar-refractivity contribution >= 4 is 11.9 Å². The van der Waals surface area contributed by atoms with Crippen molar-refractivity contribution < 1.29 is 23.8 Å². The van der Waals surface area contributed by atoms with E-state index in [2.05, 4.69) is 11.7 Å². The average molecular weight is 406 g/mol. The molecule has 0 radical (unpaired) electrons. The minimum Gasteiger partial charge on any atom is -0.465 e. The van der Waals surface area contributed by atoms with Gasteiger partial charge in [-0.25, -0.2) is 14.3 Å². The van der Waals surface area contributed by atoms with Crippen LogP contribution in [0.5, 0.6) is 0 Å². The Hall–Kier alpha value is -3.71. The lowest BCUT2D eigenvalue weighted by molar-refractivity contribution is 0.0549. The van der Waals surface area contributed by atoms with Crippen molar-refractivity contribution in [3.05, 3.63) is 84.1 Å². The molecule has 1 heterocycles. The highest BCUT2D eigenvalue weighted by Gasteiger charge is 2.31. The van der Waals surface area contributed by atoms with Gasteiger partial charge in [0.1, 0.15) is 11.3 Å². The quantitative estimate of drug-likeness (QED) is 0.321. The molecule has 7 heteroatoms. The first kappa shape index (κ1) is 21.0. The number of hydrogen-bond donors (Lipinski definition) is 0. The fourth-order valence-electron chi connectivity index (χ4n) is 3.03. The number of aromatic nitrogens is 2. The van der Waals surface area contributed by atoms with Gasteiger partial charge in [0, 0.05) is 5.56 Å². The molecule has 0 saturated heterocycles. The Balaban J connectivity index is 2.20. The number of rotatable bonds is 8. The Morgan fingerprint density at radius 1 is 1.03 bits per heavy atom. The first-order valence-electron chi connectivity index (χ1n) is 9.23. The Morgan fingerprint density at radius 2 is 1.77 bits per heavy atom. The summed E-state index contributed by atoms with van der Waals surface area (Å²) in [5.41, 5.74) is 2.50. The highest BCUT2D eigenvalue weighted by atomic mass is 16.5. The van der Waals surface area contributed by atoms with Gasteiger partial charge >= 0.3 is 11.9 Å². The van der Waals surface area contributed by atoms with Gasteiger partial charge in [0.2, 0.25) is 0 Å². The second-order valence-corrected chi connectivity index (χ2v) is 6.31. The molecule has 0 bridgehead atoms. The van der Waals surface area contributed by atoms with Crippen LogP contribution in [0.4, 0.5) is 0 Å². The van der Waals surface area contributed by atoms with E-state index in [1.165, 1.54) is 18.9 Å². The monoisotopic (exact) mass is 406 g/mol. The number of carbonyl (C=O) groups excluding carboxylic acids is 2. The molecule has 0 fully saturated rings. The molecule has 2 aromatic carbocycles. The summed E-state index contributed by atoms with van der Waals surface area (Å²) in [5.74, 6) is -1.37. The van der Waals surface area contributed by atoms with Crippen LogP contribution in [0.3, 0.4) is 0 Å². The third-order valence-electron chi connectivity index (χ3n) is 4.36. The molecule has 0 spiro atoms. The molecule has 0 unspecified atom stereocenters. The van der Waals surface area contributed by atoms with Gasteiger partial charge in [-0.2, -0.15) is 5.10 Å². The third kappa shape index (κ3) is 4.31. The van der Waals surface area contributed by atoms with Crippen LogP contribution in [0.15, 0.2) is 67.3 Å². The summed E-state index contributed by atoms with van der Waals surface area (Å²) in [6, 6.07) is 16.4. The molecule has 0 amide bonds. The van der Waals surface area contributed by atoms with Crippen molar-refractivity contribution in [2.75, 3.05) is 20.8 Å². The second-order valence-electron chi connectivity index (χ2n) is 6.31. The summed E-state index contributed by atoms with van der Waals surface area (Å²) in [5, 5.41) is 4.58. The second kappa shape index (κ2) is 9.67. The van der Waals surface area contributed by atoms with Crippen LogP contribution in [0.25, 0.3) is 16.9 Å². The maximum absolute atomic E-state index is 12.7. The van der Waals surface area contributed by atoms with E-state index >= 15 is 0 Å². The Kier molecular flexibility index (Phi) is 6.77. The van der Waals surface area contributed by atoms with E-state index in [9.17, 15) is 9.59 Å². The Bertz CT molecular complexity index is 1060. The molecular formula is C23H22N2O5. The molecule has 1 aromatic heterocycles. The lowest BCUT2D eigenvalue weighted by atomic mass is 10.0. The van der Waals surface area contributed by atoms with Crippen LogP contribution >= 0.6 is 0 Å². The lowest BCUT2D eigenvalue weighted by Gasteiger charge is -2.07. The molecule has 30 heavy (non-hydrogen) atoms. The predicted octanol–water partition coefficient (Wildman–Crippen LogP) is 3.82. The maximum Gasteiger partial charge on any atom is 0.357 e. The topological polar surface area (TPSA) is 79.7 Å². The standard InChI is InChI=1S/C23H22N2O5/c1-4-13-30-15-16-9-8-10-17(14-16)20-19(22(26)28-2)21(23(27)29-3)25(24-20)18-11-6-5-7-12-18/h4-12,14H,1,13,15H2,2-3H3. The van der Waals surface area contributed by atoms with Gasteiger partial charge in [0.05, 0.1) is 33.1 Å². The summed E-state index contributed by atoms with van der Waals surface area (Å²) in [7, 11) is 2.51. The number of methoxy groups -OCH3 is 2. The summed E-state index contributed by atoms with van der Waals surface area (Å²) in [6.45, 7) is 4.43. The minimum absolute atomic E-state index is 0.00106. The number of benzene rings is 2. The lowest BCUT2D eigenvalue weighted by Crippen LogP contribution is -2.15. The molecular weight excluding hydrogens is 384 g/mol. The van der Waals surface area contributed by atoms with Gasteiger partial charge in [-0.05, 0) is 23.8 Å². The third-order valence-corrected chi connectivity index (χ3v) is 4.36. The fourth-order valence-corrected chi connectivity index (χ4v) is 3.03. The molecule has 0 N–H and O–H groups in total. The van der Waals surface area contributed by atoms with E-state index in [1.807, 2.05) is 42.5 Å². The zero-order valence-electron chi connectivity index (χ0n) is 16.8. The van der Waals surface area contributed by atoms with Crippen molar-refractivity contribution in [3.63, 3.8) is 0 Å². The molecule has 7 nitrogen and oxygen atoms in total.